The van der Waals surface area contributed by atoms with Gasteiger partial charge in [-0.25, -0.2) is 4.39 Å². The van der Waals surface area contributed by atoms with E-state index in [2.05, 4.69) is 4.90 Å². The van der Waals surface area contributed by atoms with Gasteiger partial charge in [0.05, 0.1) is 13.2 Å². The highest BCUT2D eigenvalue weighted by atomic mass is 19.1. The number of piperidine rings is 1. The molecule has 2 N–H and O–H groups in total. The lowest BCUT2D eigenvalue weighted by Crippen LogP contribution is -2.44. The van der Waals surface area contributed by atoms with E-state index in [1.807, 2.05) is 0 Å². The van der Waals surface area contributed by atoms with Gasteiger partial charge in [0, 0.05) is 11.5 Å². The summed E-state index contributed by atoms with van der Waals surface area (Å²) in [5.41, 5.74) is 6.51. The maximum absolute atomic E-state index is 13.2. The molecular formula is C18H27FN2O2. The van der Waals surface area contributed by atoms with Crippen molar-refractivity contribution >= 4 is 0 Å². The Morgan fingerprint density at radius 3 is 2.35 bits per heavy atom. The van der Waals surface area contributed by atoms with E-state index in [1.54, 1.807) is 12.1 Å². The van der Waals surface area contributed by atoms with Crippen molar-refractivity contribution in [2.24, 2.45) is 11.7 Å². The van der Waals surface area contributed by atoms with Crippen molar-refractivity contribution in [1.29, 1.82) is 0 Å². The molecular weight excluding hydrogens is 295 g/mol. The smallest absolute Gasteiger partial charge is 0.197 e. The second kappa shape index (κ2) is 7.71. The minimum absolute atomic E-state index is 0.225. The summed E-state index contributed by atoms with van der Waals surface area (Å²) >= 11 is 0. The van der Waals surface area contributed by atoms with Gasteiger partial charge >= 0.3 is 0 Å². The summed E-state index contributed by atoms with van der Waals surface area (Å²) in [5, 5.41) is 0. The second-order valence-electron chi connectivity index (χ2n) is 6.48. The van der Waals surface area contributed by atoms with Crippen LogP contribution < -0.4 is 5.73 Å². The van der Waals surface area contributed by atoms with Crippen LogP contribution >= 0.6 is 0 Å². The molecule has 0 saturated carbocycles. The van der Waals surface area contributed by atoms with Crippen LogP contribution in [0.1, 0.15) is 31.2 Å². The number of hydrogen-bond acceptors (Lipinski definition) is 4. The predicted molar refractivity (Wildman–Crippen MR) is 87.4 cm³/mol. The SMILES string of the molecule is NCCCCN1CCC(C2(c3ccc(F)cc3)OCCO2)CC1. The van der Waals surface area contributed by atoms with Gasteiger partial charge in [-0.3, -0.25) is 0 Å². The van der Waals surface area contributed by atoms with E-state index >= 15 is 0 Å². The highest BCUT2D eigenvalue weighted by Crippen LogP contribution is 2.43. The number of nitrogens with zero attached hydrogens (tertiary/aromatic N) is 1. The van der Waals surface area contributed by atoms with E-state index in [4.69, 9.17) is 15.2 Å². The molecule has 5 heteroatoms. The first kappa shape index (κ1) is 16.8. The van der Waals surface area contributed by atoms with Crippen molar-refractivity contribution < 1.29 is 13.9 Å². The number of benzene rings is 1. The molecule has 0 atom stereocenters. The first-order chi connectivity index (χ1) is 11.2. The van der Waals surface area contributed by atoms with Crippen molar-refractivity contribution in [3.8, 4) is 0 Å². The van der Waals surface area contributed by atoms with Crippen molar-refractivity contribution in [3.63, 3.8) is 0 Å². The Balaban J connectivity index is 1.65. The number of hydrogen-bond donors (Lipinski definition) is 1. The van der Waals surface area contributed by atoms with Gasteiger partial charge in [0.25, 0.3) is 0 Å². The molecule has 2 aliphatic heterocycles. The fourth-order valence-corrected chi connectivity index (χ4v) is 3.76. The third kappa shape index (κ3) is 3.74. The van der Waals surface area contributed by atoms with Crippen molar-refractivity contribution in [2.75, 3.05) is 39.4 Å². The van der Waals surface area contributed by atoms with E-state index in [0.717, 1.165) is 57.4 Å². The summed E-state index contributed by atoms with van der Waals surface area (Å²) in [6, 6.07) is 6.58. The quantitative estimate of drug-likeness (QED) is 0.818. The van der Waals surface area contributed by atoms with Crippen molar-refractivity contribution in [1.82, 2.24) is 4.90 Å². The first-order valence-electron chi connectivity index (χ1n) is 8.71. The minimum Gasteiger partial charge on any atom is -0.343 e. The largest absolute Gasteiger partial charge is 0.343 e. The molecule has 128 valence electrons. The molecule has 2 fully saturated rings. The van der Waals surface area contributed by atoms with Gasteiger partial charge in [0.2, 0.25) is 0 Å². The molecule has 0 amide bonds. The van der Waals surface area contributed by atoms with Crippen LogP contribution in [0.25, 0.3) is 0 Å². The molecule has 1 aromatic rings. The van der Waals surface area contributed by atoms with Gasteiger partial charge < -0.3 is 20.1 Å². The third-order valence-electron chi connectivity index (χ3n) is 5.02. The summed E-state index contributed by atoms with van der Waals surface area (Å²) in [6.07, 6.45) is 4.34. The zero-order valence-electron chi connectivity index (χ0n) is 13.7. The van der Waals surface area contributed by atoms with Crippen LogP contribution in [0, 0.1) is 11.7 Å². The number of halogens is 1. The van der Waals surface area contributed by atoms with Crippen LogP contribution in [0.2, 0.25) is 0 Å². The van der Waals surface area contributed by atoms with Crippen molar-refractivity contribution in [2.45, 2.75) is 31.5 Å². The molecule has 0 aliphatic carbocycles. The Morgan fingerprint density at radius 1 is 1.09 bits per heavy atom. The fourth-order valence-electron chi connectivity index (χ4n) is 3.76. The lowest BCUT2D eigenvalue weighted by atomic mass is 9.84. The van der Waals surface area contributed by atoms with Gasteiger partial charge in [-0.15, -0.1) is 0 Å². The van der Waals surface area contributed by atoms with Gasteiger partial charge in [0.15, 0.2) is 5.79 Å². The maximum atomic E-state index is 13.2. The third-order valence-corrected chi connectivity index (χ3v) is 5.02. The zero-order valence-corrected chi connectivity index (χ0v) is 13.7. The standard InChI is InChI=1S/C18H27FN2O2/c19-17-5-3-15(4-6-17)18(22-13-14-23-18)16-7-11-21(12-8-16)10-2-1-9-20/h3-6,16H,1-2,7-14,20H2. The maximum Gasteiger partial charge on any atom is 0.197 e. The Bertz CT molecular complexity index is 480. The molecule has 0 spiro atoms. The van der Waals surface area contributed by atoms with Crippen LogP contribution in [0.4, 0.5) is 4.39 Å². The second-order valence-corrected chi connectivity index (χ2v) is 6.48. The molecule has 4 nitrogen and oxygen atoms in total. The van der Waals surface area contributed by atoms with Gasteiger partial charge in [0.1, 0.15) is 5.82 Å². The molecule has 2 aliphatic rings. The number of unbranched alkanes of at least 4 members (excludes halogenated alkanes) is 1. The van der Waals surface area contributed by atoms with E-state index in [1.165, 1.54) is 12.1 Å². The molecule has 0 radical (unpaired) electrons. The van der Waals surface area contributed by atoms with Crippen LogP contribution in [-0.2, 0) is 15.3 Å². The van der Waals surface area contributed by atoms with E-state index in [-0.39, 0.29) is 5.82 Å². The van der Waals surface area contributed by atoms with Gasteiger partial charge in [-0.05, 0) is 64.0 Å². The van der Waals surface area contributed by atoms with Crippen molar-refractivity contribution in [3.05, 3.63) is 35.6 Å². The molecule has 2 saturated heterocycles. The zero-order chi connectivity index (χ0) is 16.1. The van der Waals surface area contributed by atoms with Crippen LogP contribution in [0.15, 0.2) is 24.3 Å². The number of ether oxygens (including phenoxy) is 2. The molecule has 2 heterocycles. The molecule has 3 rings (SSSR count). The number of likely N-dealkylation sites (tertiary alicyclic amines) is 1. The Hall–Kier alpha value is -1.01. The fraction of sp³-hybridized carbons (Fsp3) is 0.667. The molecule has 0 unspecified atom stereocenters. The lowest BCUT2D eigenvalue weighted by molar-refractivity contribution is -0.214. The summed E-state index contributed by atoms with van der Waals surface area (Å²) in [5.74, 6) is -0.588. The summed E-state index contributed by atoms with van der Waals surface area (Å²) in [4.78, 5) is 2.50. The van der Waals surface area contributed by atoms with Gasteiger partial charge in [-0.2, -0.15) is 0 Å². The monoisotopic (exact) mass is 322 g/mol. The molecule has 0 bridgehead atoms. The van der Waals surface area contributed by atoms with Crippen LogP contribution in [0.5, 0.6) is 0 Å². The highest BCUT2D eigenvalue weighted by molar-refractivity contribution is 5.23. The summed E-state index contributed by atoms with van der Waals surface area (Å²) < 4.78 is 25.4. The summed E-state index contributed by atoms with van der Waals surface area (Å²) in [6.45, 7) is 5.22. The molecule has 0 aromatic heterocycles. The molecule has 1 aromatic carbocycles. The first-order valence-corrected chi connectivity index (χ1v) is 8.71. The Morgan fingerprint density at radius 2 is 1.74 bits per heavy atom. The highest BCUT2D eigenvalue weighted by Gasteiger charge is 2.46. The van der Waals surface area contributed by atoms with Crippen LogP contribution in [-0.4, -0.2) is 44.3 Å². The van der Waals surface area contributed by atoms with E-state index in [0.29, 0.717) is 19.1 Å². The summed E-state index contributed by atoms with van der Waals surface area (Å²) in [7, 11) is 0. The van der Waals surface area contributed by atoms with Crippen LogP contribution in [0.3, 0.4) is 0 Å². The topological polar surface area (TPSA) is 47.7 Å². The minimum atomic E-state index is -0.683. The van der Waals surface area contributed by atoms with E-state index < -0.39 is 5.79 Å². The average Bonchev–Trinajstić information content (AvgIpc) is 3.07. The normalized spacial score (nSPS) is 22.5. The molecule has 23 heavy (non-hydrogen) atoms. The predicted octanol–water partition coefficient (Wildman–Crippen LogP) is 2.48. The lowest BCUT2D eigenvalue weighted by Gasteiger charge is -2.41. The number of rotatable bonds is 6. The average molecular weight is 322 g/mol. The van der Waals surface area contributed by atoms with Gasteiger partial charge in [-0.1, -0.05) is 12.1 Å². The van der Waals surface area contributed by atoms with E-state index in [9.17, 15) is 4.39 Å². The Kier molecular flexibility index (Phi) is 5.64. The Labute approximate surface area is 137 Å². The number of nitrogens with two attached hydrogens (primary N) is 1.